The average molecular weight is 325 g/mol. The van der Waals surface area contributed by atoms with E-state index in [9.17, 15) is 9.59 Å². The number of nitrogens with zero attached hydrogens (tertiary/aromatic N) is 2. The second-order valence-electron chi connectivity index (χ2n) is 5.38. The van der Waals surface area contributed by atoms with Crippen molar-refractivity contribution in [2.45, 2.75) is 18.7 Å². The zero-order valence-electron chi connectivity index (χ0n) is 11.8. The normalized spacial score (nSPS) is 25.7. The van der Waals surface area contributed by atoms with Gasteiger partial charge in [0.05, 0.1) is 11.3 Å². The van der Waals surface area contributed by atoms with Gasteiger partial charge in [-0.05, 0) is 31.2 Å². The van der Waals surface area contributed by atoms with E-state index in [2.05, 4.69) is 0 Å². The first kappa shape index (κ1) is 14.7. The van der Waals surface area contributed by atoms with E-state index in [0.717, 1.165) is 18.0 Å². The van der Waals surface area contributed by atoms with Crippen LogP contribution in [0.5, 0.6) is 0 Å². The third-order valence-corrected chi connectivity index (χ3v) is 5.43. The highest BCUT2D eigenvalue weighted by Crippen LogP contribution is 2.30. The summed E-state index contributed by atoms with van der Waals surface area (Å²) >= 11 is 7.65. The van der Waals surface area contributed by atoms with Gasteiger partial charge in [0.25, 0.3) is 0 Å². The highest BCUT2D eigenvalue weighted by Gasteiger charge is 2.39. The first-order valence-corrected chi connectivity index (χ1v) is 8.47. The number of rotatable bonds is 2. The monoisotopic (exact) mass is 324 g/mol. The maximum atomic E-state index is 12.5. The molecule has 4 nitrogen and oxygen atoms in total. The Kier molecular flexibility index (Phi) is 4.13. The minimum Gasteiger partial charge on any atom is -0.330 e. The molecule has 21 heavy (non-hydrogen) atoms. The van der Waals surface area contributed by atoms with Gasteiger partial charge in [-0.1, -0.05) is 11.6 Å². The van der Waals surface area contributed by atoms with Crippen molar-refractivity contribution in [3.05, 3.63) is 29.3 Å². The molecule has 0 bridgehead atoms. The van der Waals surface area contributed by atoms with E-state index in [4.69, 9.17) is 11.6 Å². The zero-order chi connectivity index (χ0) is 15.0. The van der Waals surface area contributed by atoms with E-state index in [0.29, 0.717) is 18.0 Å². The summed E-state index contributed by atoms with van der Waals surface area (Å²) in [5, 5.41) is 0.859. The largest absolute Gasteiger partial charge is 0.330 e. The molecule has 2 aliphatic rings. The minimum atomic E-state index is -0.227. The van der Waals surface area contributed by atoms with Crippen LogP contribution in [0.4, 0.5) is 5.69 Å². The van der Waals surface area contributed by atoms with Crippen LogP contribution in [0.25, 0.3) is 0 Å². The number of carbonyl (C=O) groups is 2. The highest BCUT2D eigenvalue weighted by atomic mass is 35.5. The summed E-state index contributed by atoms with van der Waals surface area (Å²) in [5.74, 6) is 0.871. The van der Waals surface area contributed by atoms with Crippen LogP contribution in [-0.4, -0.2) is 40.9 Å². The van der Waals surface area contributed by atoms with Crippen LogP contribution < -0.4 is 4.90 Å². The van der Waals surface area contributed by atoms with Gasteiger partial charge in [-0.15, -0.1) is 11.8 Å². The van der Waals surface area contributed by atoms with Crippen molar-refractivity contribution in [3.8, 4) is 0 Å². The molecule has 0 aromatic heterocycles. The quantitative estimate of drug-likeness (QED) is 0.839. The molecule has 0 N–H and O–H groups in total. The Morgan fingerprint density at radius 2 is 2.05 bits per heavy atom. The summed E-state index contributed by atoms with van der Waals surface area (Å²) in [6, 6.07) is 7.17. The second-order valence-corrected chi connectivity index (χ2v) is 7.24. The summed E-state index contributed by atoms with van der Waals surface area (Å²) in [5.41, 5.74) is 0.809. The van der Waals surface area contributed by atoms with Gasteiger partial charge >= 0.3 is 0 Å². The van der Waals surface area contributed by atoms with E-state index in [1.54, 1.807) is 28.8 Å². The molecule has 1 aromatic rings. The minimum absolute atomic E-state index is 0.00942. The lowest BCUT2D eigenvalue weighted by atomic mass is 10.1. The number of halogens is 1. The maximum Gasteiger partial charge on any atom is 0.228 e. The van der Waals surface area contributed by atoms with Crippen molar-refractivity contribution in [3.63, 3.8) is 0 Å². The fraction of sp³-hybridized carbons (Fsp3) is 0.467. The Hall–Kier alpha value is -1.20. The molecule has 0 spiro atoms. The summed E-state index contributed by atoms with van der Waals surface area (Å²) in [7, 11) is 0. The van der Waals surface area contributed by atoms with E-state index >= 15 is 0 Å². The average Bonchev–Trinajstić information content (AvgIpc) is 3.05. The summed E-state index contributed by atoms with van der Waals surface area (Å²) in [6.07, 6.45) is 0.301. The Bertz CT molecular complexity index is 563. The van der Waals surface area contributed by atoms with Crippen molar-refractivity contribution >= 4 is 40.9 Å². The standard InChI is InChI=1S/C15H17ClN2O2S/c1-10-17(6-7-21-10)15(20)11-8-14(19)18(9-11)13-4-2-12(16)3-5-13/h2-5,10-11H,6-9H2,1H3. The Balaban J connectivity index is 1.72. The molecule has 1 aromatic carbocycles. The van der Waals surface area contributed by atoms with Gasteiger partial charge in [-0.25, -0.2) is 0 Å². The van der Waals surface area contributed by atoms with Gasteiger partial charge in [-0.3, -0.25) is 9.59 Å². The molecular weight excluding hydrogens is 308 g/mol. The molecule has 0 aliphatic carbocycles. The molecule has 2 saturated heterocycles. The molecule has 0 radical (unpaired) electrons. The van der Waals surface area contributed by atoms with Gasteiger partial charge in [0.15, 0.2) is 0 Å². The predicted molar refractivity (Wildman–Crippen MR) is 85.5 cm³/mol. The van der Waals surface area contributed by atoms with Crippen molar-refractivity contribution in [1.29, 1.82) is 0 Å². The first-order valence-electron chi connectivity index (χ1n) is 7.04. The van der Waals surface area contributed by atoms with Gasteiger partial charge in [0.2, 0.25) is 11.8 Å². The predicted octanol–water partition coefficient (Wildman–Crippen LogP) is 2.61. The smallest absolute Gasteiger partial charge is 0.228 e. The molecule has 2 heterocycles. The fourth-order valence-electron chi connectivity index (χ4n) is 2.86. The Morgan fingerprint density at radius 3 is 2.67 bits per heavy atom. The van der Waals surface area contributed by atoms with Crippen LogP contribution in [-0.2, 0) is 9.59 Å². The Labute approximate surface area is 133 Å². The lowest BCUT2D eigenvalue weighted by Gasteiger charge is -2.24. The van der Waals surface area contributed by atoms with Crippen molar-refractivity contribution in [2.75, 3.05) is 23.7 Å². The van der Waals surface area contributed by atoms with Crippen molar-refractivity contribution in [1.82, 2.24) is 4.90 Å². The topological polar surface area (TPSA) is 40.6 Å². The number of carbonyl (C=O) groups excluding carboxylic acids is 2. The molecule has 3 rings (SSSR count). The summed E-state index contributed by atoms with van der Waals surface area (Å²) in [4.78, 5) is 28.3. The molecule has 0 saturated carbocycles. The first-order chi connectivity index (χ1) is 10.1. The molecule has 2 fully saturated rings. The van der Waals surface area contributed by atoms with Crippen LogP contribution in [0.1, 0.15) is 13.3 Å². The fourth-order valence-corrected chi connectivity index (χ4v) is 4.02. The molecular formula is C15H17ClN2O2S. The molecule has 2 atom stereocenters. The van der Waals surface area contributed by atoms with Crippen LogP contribution in [0.3, 0.4) is 0 Å². The van der Waals surface area contributed by atoms with Crippen molar-refractivity contribution in [2.24, 2.45) is 5.92 Å². The zero-order valence-corrected chi connectivity index (χ0v) is 13.4. The second kappa shape index (κ2) is 5.89. The molecule has 2 unspecified atom stereocenters. The highest BCUT2D eigenvalue weighted by molar-refractivity contribution is 8.00. The number of benzene rings is 1. The third-order valence-electron chi connectivity index (χ3n) is 4.03. The van der Waals surface area contributed by atoms with Crippen LogP contribution >= 0.6 is 23.4 Å². The number of amides is 2. The maximum absolute atomic E-state index is 12.5. The number of anilines is 1. The van der Waals surface area contributed by atoms with Gasteiger partial charge < -0.3 is 9.80 Å². The number of thioether (sulfide) groups is 1. The van der Waals surface area contributed by atoms with Crippen LogP contribution in [0.2, 0.25) is 5.02 Å². The van der Waals surface area contributed by atoms with Gasteiger partial charge in [0, 0.05) is 36.0 Å². The van der Waals surface area contributed by atoms with E-state index < -0.39 is 0 Å². The summed E-state index contributed by atoms with van der Waals surface area (Å²) in [6.45, 7) is 3.30. The molecule has 2 amide bonds. The number of hydrogen-bond donors (Lipinski definition) is 0. The number of hydrogen-bond acceptors (Lipinski definition) is 3. The summed E-state index contributed by atoms with van der Waals surface area (Å²) < 4.78 is 0. The molecule has 6 heteroatoms. The van der Waals surface area contributed by atoms with E-state index in [1.807, 2.05) is 24.0 Å². The molecule has 2 aliphatic heterocycles. The Morgan fingerprint density at radius 1 is 1.33 bits per heavy atom. The van der Waals surface area contributed by atoms with Crippen LogP contribution in [0.15, 0.2) is 24.3 Å². The van der Waals surface area contributed by atoms with Gasteiger partial charge in [-0.2, -0.15) is 0 Å². The van der Waals surface area contributed by atoms with E-state index in [-0.39, 0.29) is 23.1 Å². The van der Waals surface area contributed by atoms with E-state index in [1.165, 1.54) is 0 Å². The molecule has 112 valence electrons. The van der Waals surface area contributed by atoms with Crippen molar-refractivity contribution < 1.29 is 9.59 Å². The SMILES string of the molecule is CC1SCCN1C(=O)C1CC(=O)N(c2ccc(Cl)cc2)C1. The third kappa shape index (κ3) is 2.90. The van der Waals surface area contributed by atoms with Crippen LogP contribution in [0, 0.1) is 5.92 Å². The lowest BCUT2D eigenvalue weighted by Crippen LogP contribution is -2.39. The van der Waals surface area contributed by atoms with Gasteiger partial charge in [0.1, 0.15) is 0 Å². The lowest BCUT2D eigenvalue weighted by molar-refractivity contribution is -0.135.